The minimum Gasteiger partial charge on any atom is -0.478 e. The third kappa shape index (κ3) is 2.47. The van der Waals surface area contributed by atoms with Crippen molar-refractivity contribution in [3.05, 3.63) is 47.5 Å². The molecule has 0 aliphatic heterocycles. The molecule has 0 aliphatic rings. The Balaban J connectivity index is 2.59. The third-order valence-electron chi connectivity index (χ3n) is 2.52. The summed E-state index contributed by atoms with van der Waals surface area (Å²) in [6.45, 7) is 0. The molecule has 1 N–H and O–H groups in total. The number of hydrogen-bond donors (Lipinski definition) is 1. The van der Waals surface area contributed by atoms with Crippen LogP contribution in [0.2, 0.25) is 0 Å². The summed E-state index contributed by atoms with van der Waals surface area (Å²) in [4.78, 5) is 14.5. The van der Waals surface area contributed by atoms with Crippen LogP contribution in [0.15, 0.2) is 30.7 Å². The zero-order chi connectivity index (χ0) is 14.9. The third-order valence-corrected chi connectivity index (χ3v) is 2.52. The van der Waals surface area contributed by atoms with Crippen LogP contribution in [0.1, 0.15) is 21.6 Å². The molecule has 0 unspecified atom stereocenters. The number of halogens is 3. The second-order valence-electron chi connectivity index (χ2n) is 3.81. The molecule has 2 aromatic rings. The van der Waals surface area contributed by atoms with E-state index in [1.807, 2.05) is 0 Å². The molecule has 2 rings (SSSR count). The van der Waals surface area contributed by atoms with E-state index in [9.17, 15) is 18.0 Å². The smallest absolute Gasteiger partial charge is 0.418 e. The van der Waals surface area contributed by atoms with E-state index < -0.39 is 23.3 Å². The maximum Gasteiger partial charge on any atom is 0.418 e. The molecule has 5 nitrogen and oxygen atoms in total. The highest BCUT2D eigenvalue weighted by molar-refractivity contribution is 5.89. The number of nitriles is 1. The molecule has 0 saturated heterocycles. The van der Waals surface area contributed by atoms with E-state index in [4.69, 9.17) is 10.4 Å². The number of hydrogen-bond acceptors (Lipinski definition) is 3. The van der Waals surface area contributed by atoms with Crippen molar-refractivity contribution in [1.29, 1.82) is 5.26 Å². The highest BCUT2D eigenvalue weighted by atomic mass is 19.4. The second-order valence-corrected chi connectivity index (χ2v) is 3.81. The molecule has 0 bridgehead atoms. The average molecular weight is 281 g/mol. The van der Waals surface area contributed by atoms with Gasteiger partial charge in [-0.3, -0.25) is 0 Å². The van der Waals surface area contributed by atoms with E-state index in [1.165, 1.54) is 18.3 Å². The van der Waals surface area contributed by atoms with Gasteiger partial charge in [0.25, 0.3) is 0 Å². The van der Waals surface area contributed by atoms with Crippen LogP contribution in [-0.2, 0) is 6.18 Å². The van der Waals surface area contributed by atoms with E-state index in [-0.39, 0.29) is 11.4 Å². The molecule has 0 aromatic carbocycles. The summed E-state index contributed by atoms with van der Waals surface area (Å²) in [5.41, 5.74) is -1.87. The predicted molar refractivity (Wildman–Crippen MR) is 60.2 cm³/mol. The molecule has 0 atom stereocenters. The number of rotatable bonds is 2. The van der Waals surface area contributed by atoms with E-state index in [1.54, 1.807) is 6.07 Å². The Kier molecular flexibility index (Phi) is 3.19. The topological polar surface area (TPSA) is 78.9 Å². The first kappa shape index (κ1) is 13.6. The number of nitrogens with zero attached hydrogens (tertiary/aromatic N) is 3. The second kappa shape index (κ2) is 4.70. The molecule has 0 radical (unpaired) electrons. The molecule has 2 aromatic heterocycles. The van der Waals surface area contributed by atoms with Crippen molar-refractivity contribution in [3.63, 3.8) is 0 Å². The van der Waals surface area contributed by atoms with Gasteiger partial charge in [-0.25, -0.2) is 9.78 Å². The van der Waals surface area contributed by atoms with Crippen molar-refractivity contribution >= 4 is 5.97 Å². The fraction of sp³-hybridized carbons (Fsp3) is 0.0833. The van der Waals surface area contributed by atoms with Crippen molar-refractivity contribution in [2.45, 2.75) is 6.18 Å². The maximum atomic E-state index is 12.7. The van der Waals surface area contributed by atoms with Crippen molar-refractivity contribution in [2.75, 3.05) is 0 Å². The first-order chi connectivity index (χ1) is 9.32. The van der Waals surface area contributed by atoms with Crippen LogP contribution in [0.4, 0.5) is 13.2 Å². The van der Waals surface area contributed by atoms with Gasteiger partial charge >= 0.3 is 12.1 Å². The Labute approximate surface area is 110 Å². The lowest BCUT2D eigenvalue weighted by Crippen LogP contribution is -2.09. The van der Waals surface area contributed by atoms with Crippen molar-refractivity contribution in [2.24, 2.45) is 0 Å². The monoisotopic (exact) mass is 281 g/mol. The number of alkyl halides is 3. The molecule has 0 amide bonds. The zero-order valence-electron chi connectivity index (χ0n) is 9.72. The van der Waals surface area contributed by atoms with Gasteiger partial charge < -0.3 is 9.67 Å². The van der Waals surface area contributed by atoms with E-state index in [0.29, 0.717) is 6.20 Å². The molecule has 0 aliphatic carbocycles. The normalized spacial score (nSPS) is 11.1. The van der Waals surface area contributed by atoms with Crippen LogP contribution in [0.5, 0.6) is 0 Å². The quantitative estimate of drug-likeness (QED) is 0.917. The molecule has 2 heterocycles. The Morgan fingerprint density at radius 3 is 2.60 bits per heavy atom. The summed E-state index contributed by atoms with van der Waals surface area (Å²) in [5.74, 6) is -1.68. The fourth-order valence-electron chi connectivity index (χ4n) is 1.64. The van der Waals surface area contributed by atoms with Gasteiger partial charge in [0, 0.05) is 24.3 Å². The molecule has 8 heteroatoms. The van der Waals surface area contributed by atoms with Crippen LogP contribution >= 0.6 is 0 Å². The molecule has 0 saturated carbocycles. The summed E-state index contributed by atoms with van der Waals surface area (Å²) in [5, 5.41) is 17.5. The number of pyridine rings is 1. The number of aromatic carboxylic acids is 1. The maximum absolute atomic E-state index is 12.7. The number of aromatic nitrogens is 2. The predicted octanol–water partition coefficient (Wildman–Crippen LogP) is 2.46. The average Bonchev–Trinajstić information content (AvgIpc) is 2.84. The summed E-state index contributed by atoms with van der Waals surface area (Å²) >= 11 is 0. The van der Waals surface area contributed by atoms with Gasteiger partial charge in [0.1, 0.15) is 11.8 Å². The van der Waals surface area contributed by atoms with Gasteiger partial charge in [0.15, 0.2) is 0 Å². The van der Waals surface area contributed by atoms with Crippen LogP contribution in [-0.4, -0.2) is 20.6 Å². The Hall–Kier alpha value is -2.82. The van der Waals surface area contributed by atoms with Gasteiger partial charge in [0.2, 0.25) is 0 Å². The van der Waals surface area contributed by atoms with Crippen LogP contribution in [0.3, 0.4) is 0 Å². The van der Waals surface area contributed by atoms with E-state index >= 15 is 0 Å². The molecule has 0 spiro atoms. The number of carboxylic acid groups (broad SMARTS) is 1. The van der Waals surface area contributed by atoms with Crippen molar-refractivity contribution in [3.8, 4) is 11.8 Å². The highest BCUT2D eigenvalue weighted by Crippen LogP contribution is 2.33. The molecule has 102 valence electrons. The summed E-state index contributed by atoms with van der Waals surface area (Å²) in [7, 11) is 0. The van der Waals surface area contributed by atoms with Crippen LogP contribution < -0.4 is 0 Å². The van der Waals surface area contributed by atoms with Gasteiger partial charge in [-0.2, -0.15) is 18.4 Å². The van der Waals surface area contributed by atoms with Crippen molar-refractivity contribution < 1.29 is 23.1 Å². The molecule has 0 fully saturated rings. The zero-order valence-corrected chi connectivity index (χ0v) is 9.72. The first-order valence-electron chi connectivity index (χ1n) is 5.22. The minimum atomic E-state index is -4.77. The van der Waals surface area contributed by atoms with Gasteiger partial charge in [-0.05, 0) is 12.1 Å². The lowest BCUT2D eigenvalue weighted by Gasteiger charge is -2.04. The van der Waals surface area contributed by atoms with E-state index in [2.05, 4.69) is 4.98 Å². The van der Waals surface area contributed by atoms with Crippen molar-refractivity contribution in [1.82, 2.24) is 9.55 Å². The van der Waals surface area contributed by atoms with Crippen LogP contribution in [0, 0.1) is 11.3 Å². The summed E-state index contributed by atoms with van der Waals surface area (Å²) in [6.07, 6.45) is -2.01. The summed E-state index contributed by atoms with van der Waals surface area (Å²) in [6, 6.07) is 4.37. The standard InChI is InChI=1S/C12H6F3N3O2/c13-12(14,15)10-6-18(5-9(10)11(19)20)8-1-2-17-7(3-8)4-16/h1-3,5-6H,(H,19,20). The number of carboxylic acids is 1. The fourth-order valence-corrected chi connectivity index (χ4v) is 1.64. The summed E-state index contributed by atoms with van der Waals surface area (Å²) < 4.78 is 39.2. The van der Waals surface area contributed by atoms with Crippen LogP contribution in [0.25, 0.3) is 5.69 Å². The van der Waals surface area contributed by atoms with E-state index in [0.717, 1.165) is 10.8 Å². The minimum absolute atomic E-state index is 0.0154. The van der Waals surface area contributed by atoms with Gasteiger partial charge in [0.05, 0.1) is 11.1 Å². The lowest BCUT2D eigenvalue weighted by atomic mass is 10.2. The molecule has 20 heavy (non-hydrogen) atoms. The first-order valence-corrected chi connectivity index (χ1v) is 5.22. The number of carbonyl (C=O) groups is 1. The Bertz CT molecular complexity index is 713. The Morgan fingerprint density at radius 1 is 1.40 bits per heavy atom. The Morgan fingerprint density at radius 2 is 2.10 bits per heavy atom. The molecular formula is C12H6F3N3O2. The van der Waals surface area contributed by atoms with Gasteiger partial charge in [-0.15, -0.1) is 0 Å². The molecular weight excluding hydrogens is 275 g/mol. The highest BCUT2D eigenvalue weighted by Gasteiger charge is 2.37. The SMILES string of the molecule is N#Cc1cc(-n2cc(C(=O)O)c(C(F)(F)F)c2)ccn1. The van der Waals surface area contributed by atoms with Gasteiger partial charge in [-0.1, -0.05) is 0 Å². The lowest BCUT2D eigenvalue weighted by molar-refractivity contribution is -0.138. The largest absolute Gasteiger partial charge is 0.478 e.